The summed E-state index contributed by atoms with van der Waals surface area (Å²) >= 11 is 0. The first-order valence-corrected chi connectivity index (χ1v) is 5.10. The Balaban J connectivity index is 2.08. The number of nitrogens with one attached hydrogen (secondary N) is 1. The van der Waals surface area contributed by atoms with E-state index in [0.29, 0.717) is 24.8 Å². The zero-order valence-electron chi connectivity index (χ0n) is 9.32. The number of aromatic nitrogens is 1. The molecule has 0 aromatic carbocycles. The molecule has 0 radical (unpaired) electrons. The van der Waals surface area contributed by atoms with Gasteiger partial charge in [-0.15, -0.1) is 0 Å². The average Bonchev–Trinajstić information content (AvgIpc) is 2.76. The molecule has 2 rings (SSSR count). The predicted octanol–water partition coefficient (Wildman–Crippen LogP) is 0.285. The molecule has 88 valence electrons. The van der Waals surface area contributed by atoms with Gasteiger partial charge in [0.1, 0.15) is 0 Å². The molecule has 2 heterocycles. The summed E-state index contributed by atoms with van der Waals surface area (Å²) < 4.78 is 10.1. The van der Waals surface area contributed by atoms with E-state index in [9.17, 15) is 4.79 Å². The number of hydrogen-bond donors (Lipinski definition) is 2. The number of aryl methyl sites for hydroxylation is 1. The van der Waals surface area contributed by atoms with Crippen molar-refractivity contribution in [1.82, 2.24) is 5.16 Å². The number of nitrogens with two attached hydrogens (primary N) is 1. The second-order valence-corrected chi connectivity index (χ2v) is 4.33. The highest BCUT2D eigenvalue weighted by Crippen LogP contribution is 2.28. The second kappa shape index (κ2) is 3.88. The normalized spacial score (nSPS) is 29.3. The van der Waals surface area contributed by atoms with Gasteiger partial charge >= 0.3 is 0 Å². The lowest BCUT2D eigenvalue weighted by Gasteiger charge is -2.24. The molecule has 0 saturated carbocycles. The largest absolute Gasteiger partial charge is 0.379 e. The van der Waals surface area contributed by atoms with E-state index in [1.54, 1.807) is 19.9 Å². The summed E-state index contributed by atoms with van der Waals surface area (Å²) in [5.74, 6) is 0.136. The molecular formula is C10H15N3O3. The van der Waals surface area contributed by atoms with Crippen LogP contribution in [0.1, 0.15) is 12.6 Å². The molecule has 6 heteroatoms. The van der Waals surface area contributed by atoms with Gasteiger partial charge in [0, 0.05) is 12.1 Å². The van der Waals surface area contributed by atoms with Gasteiger partial charge in [-0.2, -0.15) is 0 Å². The van der Waals surface area contributed by atoms with Gasteiger partial charge < -0.3 is 15.0 Å². The average molecular weight is 225 g/mol. The molecule has 1 saturated heterocycles. The van der Waals surface area contributed by atoms with Crippen LogP contribution in [0.15, 0.2) is 10.6 Å². The Morgan fingerprint density at radius 3 is 3.00 bits per heavy atom. The van der Waals surface area contributed by atoms with Crippen LogP contribution in [0.3, 0.4) is 0 Å². The Labute approximate surface area is 93.1 Å². The predicted molar refractivity (Wildman–Crippen MR) is 56.8 cm³/mol. The maximum absolute atomic E-state index is 12.0. The van der Waals surface area contributed by atoms with E-state index in [-0.39, 0.29) is 11.9 Å². The Morgan fingerprint density at radius 1 is 1.75 bits per heavy atom. The first-order valence-electron chi connectivity index (χ1n) is 5.10. The maximum atomic E-state index is 12.0. The molecule has 1 aromatic rings. The lowest BCUT2D eigenvalue weighted by molar-refractivity contribution is -0.125. The van der Waals surface area contributed by atoms with Gasteiger partial charge in [-0.3, -0.25) is 10.1 Å². The Morgan fingerprint density at radius 2 is 2.50 bits per heavy atom. The molecule has 16 heavy (non-hydrogen) atoms. The zero-order chi connectivity index (χ0) is 11.8. The number of nitrogens with zero attached hydrogens (tertiary/aromatic N) is 1. The number of rotatable bonds is 2. The molecule has 0 aliphatic carbocycles. The van der Waals surface area contributed by atoms with Crippen LogP contribution in [0.4, 0.5) is 5.88 Å². The quantitative estimate of drug-likeness (QED) is 0.754. The molecule has 1 aliphatic heterocycles. The third-order valence-electron chi connectivity index (χ3n) is 2.90. The number of anilines is 1. The van der Waals surface area contributed by atoms with Gasteiger partial charge in [0.05, 0.1) is 24.3 Å². The summed E-state index contributed by atoms with van der Waals surface area (Å²) in [4.78, 5) is 12.0. The van der Waals surface area contributed by atoms with Crippen molar-refractivity contribution in [2.24, 2.45) is 11.1 Å². The van der Waals surface area contributed by atoms with Gasteiger partial charge in [-0.1, -0.05) is 5.16 Å². The number of ether oxygens (including phenoxy) is 1. The van der Waals surface area contributed by atoms with Crippen LogP contribution >= 0.6 is 0 Å². The van der Waals surface area contributed by atoms with Gasteiger partial charge in [0.15, 0.2) is 0 Å². The smallest absolute Gasteiger partial charge is 0.236 e. The minimum Gasteiger partial charge on any atom is -0.379 e. The lowest BCUT2D eigenvalue weighted by Crippen LogP contribution is -2.47. The minimum atomic E-state index is -0.708. The van der Waals surface area contributed by atoms with E-state index in [4.69, 9.17) is 15.0 Å². The number of carbonyl (C=O) groups excluding carboxylic acids is 1. The third kappa shape index (κ3) is 1.81. The van der Waals surface area contributed by atoms with Crippen LogP contribution in [0.25, 0.3) is 0 Å². The Hall–Kier alpha value is -1.40. The summed E-state index contributed by atoms with van der Waals surface area (Å²) in [5.41, 5.74) is 5.85. The molecule has 0 spiro atoms. The summed E-state index contributed by atoms with van der Waals surface area (Å²) in [6.07, 6.45) is 0. The van der Waals surface area contributed by atoms with Crippen LogP contribution < -0.4 is 11.1 Å². The van der Waals surface area contributed by atoms with Crippen molar-refractivity contribution in [3.05, 3.63) is 11.8 Å². The van der Waals surface area contributed by atoms with Gasteiger partial charge in [0.2, 0.25) is 11.8 Å². The molecular weight excluding hydrogens is 210 g/mol. The summed E-state index contributed by atoms with van der Waals surface area (Å²) in [6.45, 7) is 4.29. The van der Waals surface area contributed by atoms with E-state index in [1.807, 2.05) is 0 Å². The lowest BCUT2D eigenvalue weighted by atomic mass is 9.85. The highest BCUT2D eigenvalue weighted by Gasteiger charge is 2.44. The van der Waals surface area contributed by atoms with Crippen molar-refractivity contribution >= 4 is 11.8 Å². The van der Waals surface area contributed by atoms with E-state index in [2.05, 4.69) is 10.5 Å². The fraction of sp³-hybridized carbons (Fsp3) is 0.600. The maximum Gasteiger partial charge on any atom is 0.236 e. The molecule has 0 bridgehead atoms. The molecule has 6 nitrogen and oxygen atoms in total. The van der Waals surface area contributed by atoms with Crippen LogP contribution in [0.2, 0.25) is 0 Å². The Bertz CT molecular complexity index is 404. The zero-order valence-corrected chi connectivity index (χ0v) is 9.32. The fourth-order valence-corrected chi connectivity index (χ4v) is 1.60. The number of hydrogen-bond acceptors (Lipinski definition) is 5. The SMILES string of the molecule is Cc1cc(NC(=O)C2(C)COCC2N)on1. The summed E-state index contributed by atoms with van der Waals surface area (Å²) in [6, 6.07) is 1.36. The molecule has 1 aliphatic rings. The summed E-state index contributed by atoms with van der Waals surface area (Å²) in [7, 11) is 0. The van der Waals surface area contributed by atoms with Crippen LogP contribution in [-0.4, -0.2) is 30.3 Å². The molecule has 1 amide bonds. The third-order valence-corrected chi connectivity index (χ3v) is 2.90. The molecule has 1 fully saturated rings. The molecule has 1 aromatic heterocycles. The van der Waals surface area contributed by atoms with Crippen molar-refractivity contribution in [3.63, 3.8) is 0 Å². The van der Waals surface area contributed by atoms with Crippen molar-refractivity contribution in [2.45, 2.75) is 19.9 Å². The van der Waals surface area contributed by atoms with Gasteiger partial charge in [0.25, 0.3) is 0 Å². The monoisotopic (exact) mass is 225 g/mol. The van der Waals surface area contributed by atoms with Crippen molar-refractivity contribution in [3.8, 4) is 0 Å². The van der Waals surface area contributed by atoms with Gasteiger partial charge in [-0.05, 0) is 13.8 Å². The first-order chi connectivity index (χ1) is 7.52. The van der Waals surface area contributed by atoms with E-state index >= 15 is 0 Å². The van der Waals surface area contributed by atoms with E-state index < -0.39 is 5.41 Å². The second-order valence-electron chi connectivity index (χ2n) is 4.33. The number of carbonyl (C=O) groups is 1. The molecule has 2 unspecified atom stereocenters. The molecule has 2 atom stereocenters. The van der Waals surface area contributed by atoms with E-state index in [1.165, 1.54) is 0 Å². The topological polar surface area (TPSA) is 90.4 Å². The minimum absolute atomic E-state index is 0.200. The van der Waals surface area contributed by atoms with Gasteiger partial charge in [-0.25, -0.2) is 0 Å². The van der Waals surface area contributed by atoms with Crippen LogP contribution in [0, 0.1) is 12.3 Å². The Kier molecular flexibility index (Phi) is 2.69. The highest BCUT2D eigenvalue weighted by molar-refractivity contribution is 5.94. The highest BCUT2D eigenvalue weighted by atomic mass is 16.5. The van der Waals surface area contributed by atoms with Crippen molar-refractivity contribution in [2.75, 3.05) is 18.5 Å². The number of amides is 1. The van der Waals surface area contributed by atoms with Crippen molar-refractivity contribution in [1.29, 1.82) is 0 Å². The van der Waals surface area contributed by atoms with Crippen LogP contribution in [-0.2, 0) is 9.53 Å². The fourth-order valence-electron chi connectivity index (χ4n) is 1.60. The molecule has 3 N–H and O–H groups in total. The summed E-state index contributed by atoms with van der Waals surface area (Å²) in [5, 5.41) is 6.33. The van der Waals surface area contributed by atoms with Crippen LogP contribution in [0.5, 0.6) is 0 Å². The first kappa shape index (κ1) is 11.1. The van der Waals surface area contributed by atoms with Crippen molar-refractivity contribution < 1.29 is 14.1 Å². The standard InChI is InChI=1S/C10H15N3O3/c1-6-3-8(16-13-6)12-9(14)10(2)5-15-4-7(10)11/h3,7H,4-5,11H2,1-2H3,(H,12,14). The van der Waals surface area contributed by atoms with E-state index in [0.717, 1.165) is 0 Å².